The fourth-order valence-electron chi connectivity index (χ4n) is 3.44. The third-order valence-corrected chi connectivity index (χ3v) is 6.63. The number of halogens is 3. The molecule has 0 aliphatic carbocycles. The van der Waals surface area contributed by atoms with Crippen LogP contribution in [0.15, 0.2) is 65.7 Å². The molecule has 0 saturated heterocycles. The van der Waals surface area contributed by atoms with Crippen LogP contribution in [0.5, 0.6) is 0 Å². The van der Waals surface area contributed by atoms with Gasteiger partial charge in [-0.05, 0) is 55.8 Å². The Labute approximate surface area is 213 Å². The van der Waals surface area contributed by atoms with Crippen molar-refractivity contribution in [3.8, 4) is 0 Å². The molecule has 1 unspecified atom stereocenters. The highest BCUT2D eigenvalue weighted by Crippen LogP contribution is 2.28. The molecular weight excluding hydrogens is 505 g/mol. The lowest BCUT2D eigenvalue weighted by Gasteiger charge is -2.13. The maximum atomic E-state index is 13.3. The van der Waals surface area contributed by atoms with Crippen LogP contribution in [0.3, 0.4) is 0 Å². The van der Waals surface area contributed by atoms with Crippen LogP contribution in [0, 0.1) is 6.92 Å². The summed E-state index contributed by atoms with van der Waals surface area (Å²) in [6.07, 6.45) is -2.15. The van der Waals surface area contributed by atoms with Crippen LogP contribution >= 0.6 is 0 Å². The number of carbonyl (C=O) groups excluding carboxylic acids is 1. The van der Waals surface area contributed by atoms with E-state index in [2.05, 4.69) is 25.9 Å². The number of nitrogens with one attached hydrogen (secondary N) is 3. The highest BCUT2D eigenvalue weighted by molar-refractivity contribution is 7.83. The molecular formula is C25H25F3N6O2S. The van der Waals surface area contributed by atoms with E-state index in [1.165, 1.54) is 16.2 Å². The SMILES string of the molecule is CCCNC(=O)c1ccc(Nc2nc(NCC(F)(F)F)c3ccn(S(=O)c4ccc(C)cc4)c3n2)cc1. The standard InChI is InChI=1S/C25H25F3N6O2S/c1-3-13-29-23(35)17-6-8-18(9-7-17)31-24-32-21(30-15-25(26,27)28)20-12-14-34(22(20)33-24)37(36)19-10-4-16(2)5-11-19/h4-12,14H,3,13,15H2,1-2H3,(H,29,35)(H2,30,31,32,33). The highest BCUT2D eigenvalue weighted by atomic mass is 32.2. The molecule has 4 aromatic rings. The summed E-state index contributed by atoms with van der Waals surface area (Å²) in [5, 5.41) is 8.35. The Bertz CT molecular complexity index is 1420. The molecule has 4 rings (SSSR count). The lowest BCUT2D eigenvalue weighted by atomic mass is 10.2. The number of hydrogen-bond acceptors (Lipinski definition) is 6. The number of aromatic nitrogens is 3. The van der Waals surface area contributed by atoms with Gasteiger partial charge < -0.3 is 16.0 Å². The molecule has 0 spiro atoms. The monoisotopic (exact) mass is 530 g/mol. The van der Waals surface area contributed by atoms with Gasteiger partial charge in [-0.3, -0.25) is 4.79 Å². The van der Waals surface area contributed by atoms with Crippen molar-refractivity contribution < 1.29 is 22.2 Å². The van der Waals surface area contributed by atoms with E-state index in [4.69, 9.17) is 0 Å². The molecule has 2 aromatic carbocycles. The molecule has 0 radical (unpaired) electrons. The van der Waals surface area contributed by atoms with E-state index < -0.39 is 23.7 Å². The zero-order valence-corrected chi connectivity index (χ0v) is 20.9. The molecule has 0 aliphatic rings. The van der Waals surface area contributed by atoms with E-state index in [1.807, 2.05) is 26.0 Å². The summed E-state index contributed by atoms with van der Waals surface area (Å²) >= 11 is 0. The first-order chi connectivity index (χ1) is 17.6. The van der Waals surface area contributed by atoms with Crippen LogP contribution in [0.2, 0.25) is 0 Å². The predicted molar refractivity (Wildman–Crippen MR) is 137 cm³/mol. The van der Waals surface area contributed by atoms with Crippen molar-refractivity contribution in [1.29, 1.82) is 0 Å². The van der Waals surface area contributed by atoms with E-state index in [0.717, 1.165) is 12.0 Å². The minimum Gasteiger partial charge on any atom is -0.360 e. The molecule has 37 heavy (non-hydrogen) atoms. The smallest absolute Gasteiger partial charge is 0.360 e. The normalized spacial score (nSPS) is 12.4. The molecule has 0 saturated carbocycles. The van der Waals surface area contributed by atoms with Crippen molar-refractivity contribution in [2.24, 2.45) is 0 Å². The Morgan fingerprint density at radius 1 is 1.03 bits per heavy atom. The van der Waals surface area contributed by atoms with Gasteiger partial charge in [0.25, 0.3) is 5.91 Å². The van der Waals surface area contributed by atoms with Gasteiger partial charge in [-0.15, -0.1) is 0 Å². The third-order valence-electron chi connectivity index (χ3n) is 5.31. The van der Waals surface area contributed by atoms with Gasteiger partial charge in [-0.1, -0.05) is 24.6 Å². The van der Waals surface area contributed by atoms with Crippen LogP contribution in [0.25, 0.3) is 11.0 Å². The van der Waals surface area contributed by atoms with Gasteiger partial charge in [0.2, 0.25) is 5.95 Å². The summed E-state index contributed by atoms with van der Waals surface area (Å²) in [5.41, 5.74) is 2.17. The van der Waals surface area contributed by atoms with Gasteiger partial charge in [0, 0.05) is 24.0 Å². The Morgan fingerprint density at radius 3 is 2.38 bits per heavy atom. The Kier molecular flexibility index (Phi) is 7.77. The van der Waals surface area contributed by atoms with E-state index in [9.17, 15) is 22.2 Å². The fraction of sp³-hybridized carbons (Fsp3) is 0.240. The molecule has 0 aliphatic heterocycles. The summed E-state index contributed by atoms with van der Waals surface area (Å²) in [6.45, 7) is 3.12. The quantitative estimate of drug-likeness (QED) is 0.276. The topological polar surface area (TPSA) is 101 Å². The van der Waals surface area contributed by atoms with Crippen LogP contribution < -0.4 is 16.0 Å². The summed E-state index contributed by atoms with van der Waals surface area (Å²) in [7, 11) is -1.69. The number of rotatable bonds is 9. The summed E-state index contributed by atoms with van der Waals surface area (Å²) in [5.74, 6) is -0.262. The van der Waals surface area contributed by atoms with Gasteiger partial charge in [-0.2, -0.15) is 23.1 Å². The van der Waals surface area contributed by atoms with Crippen molar-refractivity contribution >= 4 is 45.4 Å². The lowest BCUT2D eigenvalue weighted by Crippen LogP contribution is -2.23. The molecule has 2 aromatic heterocycles. The van der Waals surface area contributed by atoms with E-state index in [0.29, 0.717) is 28.1 Å². The number of fused-ring (bicyclic) bond motifs is 1. The first kappa shape index (κ1) is 26.1. The van der Waals surface area contributed by atoms with Crippen molar-refractivity contribution in [2.45, 2.75) is 31.3 Å². The number of alkyl halides is 3. The Balaban J connectivity index is 1.68. The minimum absolute atomic E-state index is 0.00113. The molecule has 0 fully saturated rings. The molecule has 12 heteroatoms. The number of aryl methyl sites for hydroxylation is 1. The molecule has 8 nitrogen and oxygen atoms in total. The maximum absolute atomic E-state index is 13.3. The van der Waals surface area contributed by atoms with Gasteiger partial charge in [0.15, 0.2) is 16.6 Å². The second-order valence-corrected chi connectivity index (χ2v) is 9.63. The molecule has 3 N–H and O–H groups in total. The molecule has 1 atom stereocenters. The van der Waals surface area contributed by atoms with Crippen LogP contribution in [-0.4, -0.2) is 43.3 Å². The second-order valence-electron chi connectivity index (χ2n) is 8.26. The maximum Gasteiger partial charge on any atom is 0.405 e. The zero-order valence-electron chi connectivity index (χ0n) is 20.1. The average Bonchev–Trinajstić information content (AvgIpc) is 3.30. The first-order valence-corrected chi connectivity index (χ1v) is 12.6. The van der Waals surface area contributed by atoms with Gasteiger partial charge in [-0.25, -0.2) is 8.18 Å². The minimum atomic E-state index is -4.47. The highest BCUT2D eigenvalue weighted by Gasteiger charge is 2.28. The van der Waals surface area contributed by atoms with Crippen molar-refractivity contribution in [2.75, 3.05) is 23.7 Å². The van der Waals surface area contributed by atoms with Crippen molar-refractivity contribution in [3.05, 3.63) is 71.9 Å². The van der Waals surface area contributed by atoms with Crippen LogP contribution in [-0.2, 0) is 11.0 Å². The van der Waals surface area contributed by atoms with Crippen molar-refractivity contribution in [1.82, 2.24) is 19.3 Å². The first-order valence-electron chi connectivity index (χ1n) is 11.5. The van der Waals surface area contributed by atoms with Crippen LogP contribution in [0.4, 0.5) is 30.6 Å². The number of carbonyl (C=O) groups is 1. The number of benzene rings is 2. The Hall–Kier alpha value is -3.93. The lowest BCUT2D eigenvalue weighted by molar-refractivity contribution is -0.115. The fourth-order valence-corrected chi connectivity index (χ4v) is 4.51. The molecule has 2 heterocycles. The zero-order chi connectivity index (χ0) is 26.6. The number of anilines is 3. The number of nitrogens with zero attached hydrogens (tertiary/aromatic N) is 3. The van der Waals surface area contributed by atoms with Crippen LogP contribution in [0.1, 0.15) is 29.3 Å². The molecule has 0 bridgehead atoms. The second kappa shape index (κ2) is 11.0. The number of hydrogen-bond donors (Lipinski definition) is 3. The summed E-state index contributed by atoms with van der Waals surface area (Å²) in [6, 6.07) is 15.1. The van der Waals surface area contributed by atoms with E-state index in [-0.39, 0.29) is 23.3 Å². The van der Waals surface area contributed by atoms with E-state index in [1.54, 1.807) is 36.4 Å². The van der Waals surface area contributed by atoms with Gasteiger partial charge in [0.1, 0.15) is 12.4 Å². The largest absolute Gasteiger partial charge is 0.405 e. The molecule has 194 valence electrons. The van der Waals surface area contributed by atoms with Gasteiger partial charge >= 0.3 is 6.18 Å². The summed E-state index contributed by atoms with van der Waals surface area (Å²) < 4.78 is 53.5. The molecule has 1 amide bonds. The Morgan fingerprint density at radius 2 is 1.73 bits per heavy atom. The van der Waals surface area contributed by atoms with Gasteiger partial charge in [0.05, 0.1) is 10.3 Å². The number of amides is 1. The van der Waals surface area contributed by atoms with E-state index >= 15 is 0 Å². The third kappa shape index (κ3) is 6.45. The predicted octanol–water partition coefficient (Wildman–Crippen LogP) is 5.17. The summed E-state index contributed by atoms with van der Waals surface area (Å²) in [4.78, 5) is 21.3. The average molecular weight is 531 g/mol. The van der Waals surface area contributed by atoms with Crippen molar-refractivity contribution in [3.63, 3.8) is 0 Å².